The first kappa shape index (κ1) is 16.8. The average Bonchev–Trinajstić information content (AvgIpc) is 3.12. The van der Waals surface area contributed by atoms with Gasteiger partial charge in [0.1, 0.15) is 23.0 Å². The maximum absolute atomic E-state index is 5.99. The minimum Gasteiger partial charge on any atom is -0.497 e. The van der Waals surface area contributed by atoms with Gasteiger partial charge >= 0.3 is 0 Å². The second kappa shape index (κ2) is 6.92. The zero-order valence-electron chi connectivity index (χ0n) is 15.1. The molecule has 0 fully saturated rings. The number of aromatic nitrogens is 2. The van der Waals surface area contributed by atoms with Crippen molar-refractivity contribution >= 4 is 28.2 Å². The number of hydrogen-bond donors (Lipinski definition) is 3. The van der Waals surface area contributed by atoms with Crippen molar-refractivity contribution < 1.29 is 9.47 Å². The van der Waals surface area contributed by atoms with E-state index in [0.717, 1.165) is 45.2 Å². The average molecular weight is 360 g/mol. The number of benzene rings is 2. The summed E-state index contributed by atoms with van der Waals surface area (Å²) < 4.78 is 10.8. The monoisotopic (exact) mass is 360 g/mol. The molecule has 0 radical (unpaired) electrons. The van der Waals surface area contributed by atoms with E-state index in [-0.39, 0.29) is 0 Å². The standard InChI is InChI=1S/C21H20N4O2/c1-26-14-9-13(10-15(11-14)27-2)17-12-23-21-16(17)7-8-20(25-21)24-19-6-4-3-5-18(19)22/h3-12H,22H2,1-2H3,(H2,23,24,25). The maximum Gasteiger partial charge on any atom is 0.140 e. The molecule has 136 valence electrons. The summed E-state index contributed by atoms with van der Waals surface area (Å²) in [5.41, 5.74) is 10.3. The molecule has 4 N–H and O–H groups in total. The van der Waals surface area contributed by atoms with Gasteiger partial charge in [0.2, 0.25) is 0 Å². The number of ether oxygens (including phenoxy) is 2. The van der Waals surface area contributed by atoms with Gasteiger partial charge in [-0.15, -0.1) is 0 Å². The summed E-state index contributed by atoms with van der Waals surface area (Å²) in [5.74, 6) is 2.20. The third kappa shape index (κ3) is 3.25. The van der Waals surface area contributed by atoms with Crippen LogP contribution in [0.1, 0.15) is 0 Å². The molecule has 4 rings (SSSR count). The summed E-state index contributed by atoms with van der Waals surface area (Å²) in [7, 11) is 3.28. The molecule has 27 heavy (non-hydrogen) atoms. The molecule has 0 unspecified atom stereocenters. The molecule has 0 aliphatic rings. The fourth-order valence-electron chi connectivity index (χ4n) is 3.03. The molecule has 0 saturated carbocycles. The third-order valence-electron chi connectivity index (χ3n) is 4.42. The van der Waals surface area contributed by atoms with Gasteiger partial charge < -0.3 is 25.5 Å². The van der Waals surface area contributed by atoms with Crippen molar-refractivity contribution in [3.8, 4) is 22.6 Å². The molecule has 4 aromatic rings. The lowest BCUT2D eigenvalue weighted by molar-refractivity contribution is 0.394. The van der Waals surface area contributed by atoms with Gasteiger partial charge in [0.15, 0.2) is 0 Å². The Bertz CT molecular complexity index is 1080. The van der Waals surface area contributed by atoms with E-state index in [2.05, 4.69) is 15.3 Å². The van der Waals surface area contributed by atoms with Crippen molar-refractivity contribution in [3.05, 3.63) is 60.8 Å². The summed E-state index contributed by atoms with van der Waals surface area (Å²) in [5, 5.41) is 4.26. The molecule has 0 spiro atoms. The smallest absolute Gasteiger partial charge is 0.140 e. The van der Waals surface area contributed by atoms with Crippen LogP contribution in [0.5, 0.6) is 11.5 Å². The Hall–Kier alpha value is -3.67. The Balaban J connectivity index is 1.72. The molecule has 6 nitrogen and oxygen atoms in total. The van der Waals surface area contributed by atoms with E-state index < -0.39 is 0 Å². The predicted octanol–water partition coefficient (Wildman–Crippen LogP) is 4.57. The maximum atomic E-state index is 5.99. The van der Waals surface area contributed by atoms with Crippen LogP contribution in [-0.4, -0.2) is 24.2 Å². The molecule has 0 aliphatic carbocycles. The van der Waals surface area contributed by atoms with Crippen LogP contribution in [-0.2, 0) is 0 Å². The molecular formula is C21H20N4O2. The molecular weight excluding hydrogens is 340 g/mol. The lowest BCUT2D eigenvalue weighted by atomic mass is 10.1. The number of nitrogens with zero attached hydrogens (tertiary/aromatic N) is 1. The van der Waals surface area contributed by atoms with Gasteiger partial charge in [-0.05, 0) is 42.0 Å². The number of H-pyrrole nitrogens is 1. The Kier molecular flexibility index (Phi) is 4.30. The topological polar surface area (TPSA) is 85.2 Å². The number of pyridine rings is 1. The van der Waals surface area contributed by atoms with Crippen molar-refractivity contribution in [1.29, 1.82) is 0 Å². The molecule has 2 heterocycles. The molecule has 2 aromatic heterocycles. The van der Waals surface area contributed by atoms with E-state index in [1.807, 2.05) is 60.8 Å². The Morgan fingerprint density at radius 2 is 1.70 bits per heavy atom. The van der Waals surface area contributed by atoms with Crippen LogP contribution in [0.4, 0.5) is 17.2 Å². The highest BCUT2D eigenvalue weighted by Crippen LogP contribution is 2.34. The predicted molar refractivity (Wildman–Crippen MR) is 109 cm³/mol. The van der Waals surface area contributed by atoms with E-state index in [9.17, 15) is 0 Å². The second-order valence-electron chi connectivity index (χ2n) is 6.11. The molecule has 0 atom stereocenters. The number of nitrogens with two attached hydrogens (primary N) is 1. The lowest BCUT2D eigenvalue weighted by Gasteiger charge is -2.09. The minimum atomic E-state index is 0.676. The number of hydrogen-bond acceptors (Lipinski definition) is 5. The summed E-state index contributed by atoms with van der Waals surface area (Å²) in [6.45, 7) is 0. The fraction of sp³-hybridized carbons (Fsp3) is 0.0952. The molecule has 2 aromatic carbocycles. The molecule has 6 heteroatoms. The number of aromatic amines is 1. The van der Waals surface area contributed by atoms with Gasteiger partial charge in [0, 0.05) is 23.2 Å². The summed E-state index contributed by atoms with van der Waals surface area (Å²) >= 11 is 0. The first-order valence-corrected chi connectivity index (χ1v) is 8.51. The summed E-state index contributed by atoms with van der Waals surface area (Å²) in [6, 6.07) is 17.4. The van der Waals surface area contributed by atoms with Crippen molar-refractivity contribution in [1.82, 2.24) is 9.97 Å². The van der Waals surface area contributed by atoms with Crippen molar-refractivity contribution in [3.63, 3.8) is 0 Å². The van der Waals surface area contributed by atoms with Crippen LogP contribution in [0.3, 0.4) is 0 Å². The first-order valence-electron chi connectivity index (χ1n) is 8.51. The Morgan fingerprint density at radius 3 is 2.41 bits per heavy atom. The van der Waals surface area contributed by atoms with Gasteiger partial charge in [0.25, 0.3) is 0 Å². The highest BCUT2D eigenvalue weighted by molar-refractivity contribution is 5.95. The summed E-state index contributed by atoms with van der Waals surface area (Å²) in [4.78, 5) is 7.90. The Morgan fingerprint density at radius 1 is 0.963 bits per heavy atom. The number of nitrogen functional groups attached to an aromatic ring is 1. The van der Waals surface area contributed by atoms with Gasteiger partial charge in [-0.3, -0.25) is 0 Å². The van der Waals surface area contributed by atoms with E-state index >= 15 is 0 Å². The number of rotatable bonds is 5. The fourth-order valence-corrected chi connectivity index (χ4v) is 3.03. The van der Waals surface area contributed by atoms with E-state index in [1.165, 1.54) is 0 Å². The minimum absolute atomic E-state index is 0.676. The van der Waals surface area contributed by atoms with Gasteiger partial charge in [-0.1, -0.05) is 12.1 Å². The SMILES string of the molecule is COc1cc(OC)cc(-c2c[nH]c3nc(Nc4ccccc4N)ccc23)c1. The number of methoxy groups -OCH3 is 2. The van der Waals surface area contributed by atoms with Crippen LogP contribution in [0.2, 0.25) is 0 Å². The van der Waals surface area contributed by atoms with Crippen LogP contribution < -0.4 is 20.5 Å². The van der Waals surface area contributed by atoms with Crippen molar-refractivity contribution in [2.75, 3.05) is 25.3 Å². The van der Waals surface area contributed by atoms with Crippen molar-refractivity contribution in [2.45, 2.75) is 0 Å². The summed E-state index contributed by atoms with van der Waals surface area (Å²) in [6.07, 6.45) is 1.94. The van der Waals surface area contributed by atoms with E-state index in [0.29, 0.717) is 5.69 Å². The molecule has 0 saturated heterocycles. The molecule has 0 bridgehead atoms. The van der Waals surface area contributed by atoms with E-state index in [4.69, 9.17) is 15.2 Å². The van der Waals surface area contributed by atoms with Crippen LogP contribution in [0, 0.1) is 0 Å². The third-order valence-corrected chi connectivity index (χ3v) is 4.42. The number of anilines is 3. The number of fused-ring (bicyclic) bond motifs is 1. The van der Waals surface area contributed by atoms with Crippen LogP contribution >= 0.6 is 0 Å². The van der Waals surface area contributed by atoms with E-state index in [1.54, 1.807) is 14.2 Å². The van der Waals surface area contributed by atoms with Crippen molar-refractivity contribution in [2.24, 2.45) is 0 Å². The van der Waals surface area contributed by atoms with Gasteiger partial charge in [0.05, 0.1) is 25.6 Å². The van der Waals surface area contributed by atoms with Gasteiger partial charge in [-0.2, -0.15) is 0 Å². The first-order chi connectivity index (χ1) is 13.2. The molecule has 0 aliphatic heterocycles. The lowest BCUT2D eigenvalue weighted by Crippen LogP contribution is -1.97. The highest BCUT2D eigenvalue weighted by Gasteiger charge is 2.11. The Labute approximate surface area is 157 Å². The van der Waals surface area contributed by atoms with Gasteiger partial charge in [-0.25, -0.2) is 4.98 Å². The van der Waals surface area contributed by atoms with Crippen LogP contribution in [0.15, 0.2) is 60.8 Å². The molecule has 0 amide bonds. The number of para-hydroxylation sites is 2. The second-order valence-corrected chi connectivity index (χ2v) is 6.11. The normalized spacial score (nSPS) is 10.7. The highest BCUT2D eigenvalue weighted by atomic mass is 16.5. The quantitative estimate of drug-likeness (QED) is 0.454. The zero-order chi connectivity index (χ0) is 18.8. The number of nitrogens with one attached hydrogen (secondary N) is 2. The zero-order valence-corrected chi connectivity index (χ0v) is 15.1. The largest absolute Gasteiger partial charge is 0.497 e. The van der Waals surface area contributed by atoms with Crippen LogP contribution in [0.25, 0.3) is 22.2 Å².